The Bertz CT molecular complexity index is 994. The van der Waals surface area contributed by atoms with Crippen LogP contribution in [-0.2, 0) is 4.74 Å². The SMILES string of the molecule is C[C@H](CC[C@H](OC(=O)c1ccccc1)C1CC1)[C@H]1CC[C@H]2[C@@H]3CC[C@H]4CC(C)(C)CC[C@]4(C)[C@H]3CC[C@]12C. The highest BCUT2D eigenvalue weighted by Gasteiger charge is 2.61. The van der Waals surface area contributed by atoms with Crippen LogP contribution in [0.3, 0.4) is 0 Å². The van der Waals surface area contributed by atoms with Gasteiger partial charge < -0.3 is 4.74 Å². The zero-order chi connectivity index (χ0) is 26.7. The zero-order valence-corrected chi connectivity index (χ0v) is 25.0. The summed E-state index contributed by atoms with van der Waals surface area (Å²) < 4.78 is 6.11. The Morgan fingerprint density at radius 2 is 1.58 bits per heavy atom. The topological polar surface area (TPSA) is 26.3 Å². The Balaban J connectivity index is 1.09. The molecule has 210 valence electrons. The van der Waals surface area contributed by atoms with Crippen molar-refractivity contribution in [1.82, 2.24) is 0 Å². The third-order valence-electron chi connectivity index (χ3n) is 13.3. The fourth-order valence-electron chi connectivity index (χ4n) is 10.9. The van der Waals surface area contributed by atoms with E-state index in [0.717, 1.165) is 41.9 Å². The lowest BCUT2D eigenvalue weighted by Gasteiger charge is -2.62. The van der Waals surface area contributed by atoms with Crippen molar-refractivity contribution in [1.29, 1.82) is 0 Å². The summed E-state index contributed by atoms with van der Waals surface area (Å²) in [6, 6.07) is 9.58. The lowest BCUT2D eigenvalue weighted by Crippen LogP contribution is -2.54. The molecule has 0 saturated heterocycles. The first kappa shape index (κ1) is 26.9. The summed E-state index contributed by atoms with van der Waals surface area (Å²) in [5.41, 5.74) is 2.37. The molecule has 0 aromatic heterocycles. The minimum absolute atomic E-state index is 0.108. The molecule has 5 aliphatic rings. The third kappa shape index (κ3) is 4.79. The second-order valence-corrected chi connectivity index (χ2v) is 16.0. The van der Waals surface area contributed by atoms with Crippen LogP contribution in [0.2, 0.25) is 0 Å². The molecule has 0 amide bonds. The number of benzene rings is 1. The molecule has 5 saturated carbocycles. The minimum atomic E-state index is -0.128. The van der Waals surface area contributed by atoms with E-state index in [1.54, 1.807) is 0 Å². The number of rotatable bonds is 7. The molecule has 38 heavy (non-hydrogen) atoms. The van der Waals surface area contributed by atoms with Crippen molar-refractivity contribution in [3.05, 3.63) is 35.9 Å². The predicted octanol–water partition coefficient (Wildman–Crippen LogP) is 9.72. The maximum absolute atomic E-state index is 12.8. The summed E-state index contributed by atoms with van der Waals surface area (Å²) in [6.45, 7) is 13.0. The van der Waals surface area contributed by atoms with Crippen molar-refractivity contribution in [3.63, 3.8) is 0 Å². The van der Waals surface area contributed by atoms with Gasteiger partial charge in [-0.3, -0.25) is 0 Å². The predicted molar refractivity (Wildman–Crippen MR) is 156 cm³/mol. The molecule has 0 N–H and O–H groups in total. The van der Waals surface area contributed by atoms with Crippen LogP contribution in [0.1, 0.15) is 128 Å². The van der Waals surface area contributed by atoms with Crippen LogP contribution in [0, 0.1) is 57.7 Å². The van der Waals surface area contributed by atoms with Crippen LogP contribution in [-0.4, -0.2) is 12.1 Å². The Morgan fingerprint density at radius 1 is 0.842 bits per heavy atom. The number of hydrogen-bond acceptors (Lipinski definition) is 2. The van der Waals surface area contributed by atoms with Gasteiger partial charge in [0.2, 0.25) is 0 Å². The third-order valence-corrected chi connectivity index (χ3v) is 13.3. The molecule has 1 aromatic carbocycles. The smallest absolute Gasteiger partial charge is 0.338 e. The number of carbonyl (C=O) groups is 1. The highest BCUT2D eigenvalue weighted by molar-refractivity contribution is 5.89. The molecule has 0 bridgehead atoms. The van der Waals surface area contributed by atoms with Crippen LogP contribution in [0.15, 0.2) is 30.3 Å². The van der Waals surface area contributed by atoms with Crippen LogP contribution in [0.4, 0.5) is 0 Å². The van der Waals surface area contributed by atoms with Gasteiger partial charge in [-0.1, -0.05) is 52.8 Å². The summed E-state index contributed by atoms with van der Waals surface area (Å²) in [5, 5.41) is 0. The summed E-state index contributed by atoms with van der Waals surface area (Å²) >= 11 is 0. The van der Waals surface area contributed by atoms with Gasteiger partial charge in [-0.05, 0) is 153 Å². The van der Waals surface area contributed by atoms with Crippen molar-refractivity contribution in [2.75, 3.05) is 0 Å². The van der Waals surface area contributed by atoms with Crippen molar-refractivity contribution >= 4 is 5.97 Å². The molecule has 0 spiro atoms. The first-order valence-corrected chi connectivity index (χ1v) is 16.4. The summed E-state index contributed by atoms with van der Waals surface area (Å²) in [4.78, 5) is 12.8. The average molecular weight is 519 g/mol. The Morgan fingerprint density at radius 3 is 2.32 bits per heavy atom. The normalized spacial score (nSPS) is 41.3. The molecule has 2 nitrogen and oxygen atoms in total. The maximum atomic E-state index is 12.8. The molecule has 5 fully saturated rings. The van der Waals surface area contributed by atoms with Gasteiger partial charge in [0, 0.05) is 0 Å². The van der Waals surface area contributed by atoms with Gasteiger partial charge in [-0.2, -0.15) is 0 Å². The number of ether oxygens (including phenoxy) is 1. The summed E-state index contributed by atoms with van der Waals surface area (Å²) in [6.07, 6.45) is 18.0. The first-order valence-electron chi connectivity index (χ1n) is 16.4. The lowest BCUT2D eigenvalue weighted by molar-refractivity contribution is -0.129. The second-order valence-electron chi connectivity index (χ2n) is 16.0. The molecule has 0 radical (unpaired) electrons. The van der Waals surface area contributed by atoms with E-state index in [0.29, 0.717) is 27.7 Å². The van der Waals surface area contributed by atoms with Crippen molar-refractivity contribution < 1.29 is 9.53 Å². The molecule has 0 heterocycles. The van der Waals surface area contributed by atoms with Gasteiger partial charge in [0.05, 0.1) is 5.56 Å². The highest BCUT2D eigenvalue weighted by Crippen LogP contribution is 2.69. The van der Waals surface area contributed by atoms with Gasteiger partial charge in [0.1, 0.15) is 6.10 Å². The minimum Gasteiger partial charge on any atom is -0.458 e. The summed E-state index contributed by atoms with van der Waals surface area (Å²) in [5.74, 6) is 5.88. The van der Waals surface area contributed by atoms with Gasteiger partial charge in [-0.15, -0.1) is 0 Å². The van der Waals surface area contributed by atoms with E-state index in [4.69, 9.17) is 4.74 Å². The summed E-state index contributed by atoms with van der Waals surface area (Å²) in [7, 11) is 0. The van der Waals surface area contributed by atoms with E-state index in [1.807, 2.05) is 30.3 Å². The number of fused-ring (bicyclic) bond motifs is 5. The van der Waals surface area contributed by atoms with E-state index in [9.17, 15) is 4.79 Å². The van der Waals surface area contributed by atoms with Crippen LogP contribution in [0.5, 0.6) is 0 Å². The van der Waals surface area contributed by atoms with Gasteiger partial charge >= 0.3 is 5.97 Å². The fourth-order valence-corrected chi connectivity index (χ4v) is 10.9. The van der Waals surface area contributed by atoms with Crippen molar-refractivity contribution in [2.24, 2.45) is 57.7 Å². The first-order chi connectivity index (χ1) is 18.1. The molecule has 2 heteroatoms. The molecule has 6 rings (SSSR count). The standard InChI is InChI=1S/C36H54O2/c1-24(11-18-32(25-12-13-25)38-33(37)26-9-7-6-8-10-26)29-16-17-30-28-15-14-27-23-34(2,3)21-22-35(27,4)31(28)19-20-36(29,30)5/h6-10,24-25,27-32H,11-23H2,1-5H3/t24-,27+,28+,29-,30+,31+,32+,35+,36-/m1/s1. The largest absolute Gasteiger partial charge is 0.458 e. The molecule has 9 atom stereocenters. The van der Waals surface area contributed by atoms with Crippen molar-refractivity contribution in [3.8, 4) is 0 Å². The molecule has 5 aliphatic carbocycles. The van der Waals surface area contributed by atoms with Crippen LogP contribution < -0.4 is 0 Å². The van der Waals surface area contributed by atoms with Gasteiger partial charge in [-0.25, -0.2) is 4.79 Å². The monoisotopic (exact) mass is 518 g/mol. The molecule has 1 aromatic rings. The molecule has 0 aliphatic heterocycles. The molecular formula is C36H54O2. The Kier molecular flexibility index (Phi) is 7.04. The lowest BCUT2D eigenvalue weighted by atomic mass is 9.43. The molecular weight excluding hydrogens is 464 g/mol. The average Bonchev–Trinajstić information content (AvgIpc) is 3.68. The van der Waals surface area contributed by atoms with Gasteiger partial charge in [0.25, 0.3) is 0 Å². The fraction of sp³-hybridized carbons (Fsp3) is 0.806. The number of carbonyl (C=O) groups excluding carboxylic acids is 1. The maximum Gasteiger partial charge on any atom is 0.338 e. The van der Waals surface area contributed by atoms with E-state index in [1.165, 1.54) is 77.0 Å². The van der Waals surface area contributed by atoms with Crippen LogP contribution in [0.25, 0.3) is 0 Å². The highest BCUT2D eigenvalue weighted by atomic mass is 16.5. The second kappa shape index (κ2) is 9.95. The van der Waals surface area contributed by atoms with E-state index in [-0.39, 0.29) is 12.1 Å². The Hall–Kier alpha value is -1.31. The Labute approximate surface area is 233 Å². The van der Waals surface area contributed by atoms with E-state index in [2.05, 4.69) is 34.6 Å². The quantitative estimate of drug-likeness (QED) is 0.336. The number of esters is 1. The number of hydrogen-bond donors (Lipinski definition) is 0. The van der Waals surface area contributed by atoms with Crippen molar-refractivity contribution in [2.45, 2.75) is 124 Å². The van der Waals surface area contributed by atoms with E-state index < -0.39 is 0 Å². The molecule has 0 unspecified atom stereocenters. The van der Waals surface area contributed by atoms with E-state index >= 15 is 0 Å². The van der Waals surface area contributed by atoms with Crippen LogP contribution >= 0.6 is 0 Å². The zero-order valence-electron chi connectivity index (χ0n) is 25.0. The van der Waals surface area contributed by atoms with Gasteiger partial charge in [0.15, 0.2) is 0 Å².